The topological polar surface area (TPSA) is 84.3 Å². The molecule has 0 aliphatic rings. The maximum atomic E-state index is 12.5. The first-order valence-electron chi connectivity index (χ1n) is 16.2. The highest BCUT2D eigenvalue weighted by Crippen LogP contribution is 2.16. The van der Waals surface area contributed by atoms with Crippen molar-refractivity contribution in [2.45, 2.75) is 135 Å². The Hall–Kier alpha value is -2.57. The van der Waals surface area contributed by atoms with E-state index in [0.29, 0.717) is 6.42 Å². The monoisotopic (exact) mass is 565 g/mol. The Kier molecular flexibility index (Phi) is 19.5. The number of unbranched alkanes of at least 4 members (excludes halogenated alkanes) is 13. The van der Waals surface area contributed by atoms with Crippen LogP contribution in [-0.4, -0.2) is 39.7 Å². The maximum Gasteiger partial charge on any atom is 0.220 e. The van der Waals surface area contributed by atoms with Gasteiger partial charge >= 0.3 is 0 Å². The number of aromatic nitrogens is 2. The number of aliphatic hydroxyl groups excluding tert-OH is 1. The van der Waals surface area contributed by atoms with Gasteiger partial charge in [0.1, 0.15) is 0 Å². The van der Waals surface area contributed by atoms with Crippen molar-refractivity contribution in [2.24, 2.45) is 0 Å². The van der Waals surface area contributed by atoms with Crippen LogP contribution in [0.15, 0.2) is 54.7 Å². The van der Waals surface area contributed by atoms with E-state index in [9.17, 15) is 9.90 Å². The van der Waals surface area contributed by atoms with E-state index in [4.69, 9.17) is 9.72 Å². The van der Waals surface area contributed by atoms with Crippen LogP contribution in [-0.2, 0) is 16.1 Å². The Balaban J connectivity index is 1.86. The van der Waals surface area contributed by atoms with Gasteiger partial charge in [-0.2, -0.15) is 0 Å². The zero-order valence-corrected chi connectivity index (χ0v) is 25.7. The van der Waals surface area contributed by atoms with E-state index in [2.05, 4.69) is 30.2 Å². The number of pyridine rings is 2. The zero-order valence-electron chi connectivity index (χ0n) is 25.7. The molecule has 0 spiro atoms. The Morgan fingerprint density at radius 2 is 1.51 bits per heavy atom. The predicted octanol–water partition coefficient (Wildman–Crippen LogP) is 8.34. The third kappa shape index (κ3) is 15.9. The average molecular weight is 566 g/mol. The van der Waals surface area contributed by atoms with E-state index < -0.39 is 12.1 Å². The van der Waals surface area contributed by atoms with Crippen LogP contribution in [0.2, 0.25) is 0 Å². The molecule has 0 bridgehead atoms. The van der Waals surface area contributed by atoms with Crippen molar-refractivity contribution >= 4 is 5.91 Å². The van der Waals surface area contributed by atoms with Crippen LogP contribution in [0.5, 0.6) is 0 Å². The lowest BCUT2D eigenvalue weighted by Gasteiger charge is -2.24. The summed E-state index contributed by atoms with van der Waals surface area (Å²) in [4.78, 5) is 21.6. The normalized spacial score (nSPS) is 13.0. The number of nitrogens with zero attached hydrogens (tertiary/aromatic N) is 2. The molecule has 1 amide bonds. The lowest BCUT2D eigenvalue weighted by molar-refractivity contribution is -0.123. The fraction of sp³-hybridized carbons (Fsp3) is 0.629. The summed E-state index contributed by atoms with van der Waals surface area (Å²) in [6, 6.07) is 11.1. The molecule has 2 heterocycles. The van der Waals surface area contributed by atoms with Gasteiger partial charge in [0, 0.05) is 12.6 Å². The highest BCUT2D eigenvalue weighted by Gasteiger charge is 2.21. The number of carbonyl (C=O) groups is 1. The minimum absolute atomic E-state index is 0.0415. The summed E-state index contributed by atoms with van der Waals surface area (Å²) in [5, 5.41) is 13.2. The number of amides is 1. The minimum atomic E-state index is -0.503. The molecule has 0 aliphatic heterocycles. The van der Waals surface area contributed by atoms with Gasteiger partial charge in [-0.05, 0) is 43.5 Å². The van der Waals surface area contributed by atoms with Gasteiger partial charge < -0.3 is 15.2 Å². The second-order valence-electron chi connectivity index (χ2n) is 11.1. The second-order valence-corrected chi connectivity index (χ2v) is 11.1. The SMILES string of the molecule is CCCCCCCCCCCCC/C=C/[C@@H](OCc1cccc(-c2ccccn2)n1)[C@H](CO)NC(=O)CCCCC. The molecule has 41 heavy (non-hydrogen) atoms. The number of ether oxygens (including phenoxy) is 1. The van der Waals surface area contributed by atoms with Gasteiger partial charge in [0.25, 0.3) is 0 Å². The van der Waals surface area contributed by atoms with E-state index in [-0.39, 0.29) is 19.1 Å². The molecule has 0 radical (unpaired) electrons. The number of hydrogen-bond acceptors (Lipinski definition) is 5. The van der Waals surface area contributed by atoms with Crippen LogP contribution < -0.4 is 5.32 Å². The number of rotatable bonds is 24. The molecule has 6 heteroatoms. The molecule has 2 N–H and O–H groups in total. The van der Waals surface area contributed by atoms with Crippen LogP contribution in [0.1, 0.15) is 122 Å². The number of nitrogens with one attached hydrogen (secondary N) is 1. The quantitative estimate of drug-likeness (QED) is 0.0987. The Bertz CT molecular complexity index is 951. The molecule has 2 rings (SSSR count). The smallest absolute Gasteiger partial charge is 0.220 e. The van der Waals surface area contributed by atoms with Crippen molar-refractivity contribution in [3.8, 4) is 11.4 Å². The van der Waals surface area contributed by atoms with E-state index in [1.165, 1.54) is 64.2 Å². The molecule has 2 atom stereocenters. The standard InChI is InChI=1S/C35H55N3O3/c1-3-5-7-8-9-10-11-12-13-14-15-16-18-25-34(33(28-39)38-35(40)26-17-6-4-2)41-29-30-22-21-24-32(37-30)31-23-19-20-27-36-31/h18-25,27,33-34,39H,3-17,26,28-29H2,1-2H3,(H,38,40)/b25-18+/t33-,34+/m0/s1. The van der Waals surface area contributed by atoms with Gasteiger partial charge in [0.15, 0.2) is 0 Å². The third-order valence-corrected chi connectivity index (χ3v) is 7.40. The number of aliphatic hydroxyl groups is 1. The van der Waals surface area contributed by atoms with Crippen molar-refractivity contribution in [1.29, 1.82) is 0 Å². The van der Waals surface area contributed by atoms with Gasteiger partial charge in [0.2, 0.25) is 5.91 Å². The van der Waals surface area contributed by atoms with Crippen LogP contribution >= 0.6 is 0 Å². The van der Waals surface area contributed by atoms with Crippen LogP contribution in [0.4, 0.5) is 0 Å². The average Bonchev–Trinajstić information content (AvgIpc) is 3.00. The van der Waals surface area contributed by atoms with E-state index in [0.717, 1.165) is 49.2 Å². The summed E-state index contributed by atoms with van der Waals surface area (Å²) < 4.78 is 6.26. The van der Waals surface area contributed by atoms with Gasteiger partial charge in [-0.3, -0.25) is 9.78 Å². The van der Waals surface area contributed by atoms with Crippen molar-refractivity contribution < 1.29 is 14.6 Å². The first-order valence-corrected chi connectivity index (χ1v) is 16.2. The second kappa shape index (κ2) is 23.0. The summed E-state index contributed by atoms with van der Waals surface area (Å²) in [6.07, 6.45) is 24.4. The molecular weight excluding hydrogens is 510 g/mol. The molecule has 0 aliphatic carbocycles. The number of carbonyl (C=O) groups excluding carboxylic acids is 1. The largest absolute Gasteiger partial charge is 0.394 e. The molecule has 6 nitrogen and oxygen atoms in total. The fourth-order valence-corrected chi connectivity index (χ4v) is 4.91. The molecule has 228 valence electrons. The molecule has 0 fully saturated rings. The van der Waals surface area contributed by atoms with Crippen LogP contribution in [0, 0.1) is 0 Å². The molecule has 0 aromatic carbocycles. The van der Waals surface area contributed by atoms with E-state index >= 15 is 0 Å². The van der Waals surface area contributed by atoms with Gasteiger partial charge in [-0.1, -0.05) is 115 Å². The lowest BCUT2D eigenvalue weighted by atomic mass is 10.0. The van der Waals surface area contributed by atoms with Crippen LogP contribution in [0.25, 0.3) is 11.4 Å². The molecule has 2 aromatic rings. The van der Waals surface area contributed by atoms with Gasteiger partial charge in [-0.25, -0.2) is 4.98 Å². The predicted molar refractivity (Wildman–Crippen MR) is 169 cm³/mol. The van der Waals surface area contributed by atoms with Gasteiger partial charge in [0.05, 0.1) is 42.4 Å². The lowest BCUT2D eigenvalue weighted by Crippen LogP contribution is -2.46. The van der Waals surface area contributed by atoms with Crippen molar-refractivity contribution in [1.82, 2.24) is 15.3 Å². The molecule has 2 aromatic heterocycles. The Labute approximate surface area is 249 Å². The molecule has 0 unspecified atom stereocenters. The summed E-state index contributed by atoms with van der Waals surface area (Å²) in [5.74, 6) is -0.0415. The highest BCUT2D eigenvalue weighted by molar-refractivity contribution is 5.76. The van der Waals surface area contributed by atoms with Crippen LogP contribution in [0.3, 0.4) is 0 Å². The first kappa shape index (κ1) is 34.6. The molecule has 0 saturated heterocycles. The van der Waals surface area contributed by atoms with E-state index in [1.807, 2.05) is 42.5 Å². The number of allylic oxidation sites excluding steroid dienone is 1. The summed E-state index contributed by atoms with van der Waals surface area (Å²) in [7, 11) is 0. The minimum Gasteiger partial charge on any atom is -0.394 e. The summed E-state index contributed by atoms with van der Waals surface area (Å²) >= 11 is 0. The summed E-state index contributed by atoms with van der Waals surface area (Å²) in [5.41, 5.74) is 2.38. The summed E-state index contributed by atoms with van der Waals surface area (Å²) in [6.45, 7) is 4.48. The Morgan fingerprint density at radius 3 is 2.17 bits per heavy atom. The highest BCUT2D eigenvalue weighted by atomic mass is 16.5. The van der Waals surface area contributed by atoms with Crippen molar-refractivity contribution in [3.05, 3.63) is 60.4 Å². The molecular formula is C35H55N3O3. The van der Waals surface area contributed by atoms with Crippen molar-refractivity contribution in [3.63, 3.8) is 0 Å². The maximum absolute atomic E-state index is 12.5. The van der Waals surface area contributed by atoms with Crippen molar-refractivity contribution in [2.75, 3.05) is 6.61 Å². The Morgan fingerprint density at radius 1 is 0.854 bits per heavy atom. The number of hydrogen-bond donors (Lipinski definition) is 2. The zero-order chi connectivity index (χ0) is 29.4. The third-order valence-electron chi connectivity index (χ3n) is 7.40. The molecule has 0 saturated carbocycles. The van der Waals surface area contributed by atoms with Gasteiger partial charge in [-0.15, -0.1) is 0 Å². The van der Waals surface area contributed by atoms with E-state index in [1.54, 1.807) is 6.20 Å². The first-order chi connectivity index (χ1) is 20.2. The fourth-order valence-electron chi connectivity index (χ4n) is 4.91.